The first kappa shape index (κ1) is 19.7. The average Bonchev–Trinajstić information content (AvgIpc) is 2.72. The largest absolute Gasteiger partial charge is 0.496 e. The highest BCUT2D eigenvalue weighted by Crippen LogP contribution is 2.30. The zero-order valence-electron chi connectivity index (χ0n) is 16.4. The lowest BCUT2D eigenvalue weighted by Crippen LogP contribution is -2.10. The molecule has 3 heteroatoms. The van der Waals surface area contributed by atoms with Gasteiger partial charge in [-0.2, -0.15) is 0 Å². The number of allylic oxidation sites excluding steroid dienone is 1. The molecule has 0 fully saturated rings. The minimum absolute atomic E-state index is 0.0676. The maximum absolute atomic E-state index is 12.0. The summed E-state index contributed by atoms with van der Waals surface area (Å²) in [5, 5.41) is 5.27. The predicted molar refractivity (Wildman–Crippen MR) is 117 cm³/mol. The van der Waals surface area contributed by atoms with Gasteiger partial charge in [-0.25, -0.2) is 0 Å². The molecule has 0 saturated carbocycles. The minimum Gasteiger partial charge on any atom is -0.496 e. The molecule has 3 nitrogen and oxygen atoms in total. The van der Waals surface area contributed by atoms with Crippen LogP contribution in [0.3, 0.4) is 0 Å². The van der Waals surface area contributed by atoms with Gasteiger partial charge in [0.1, 0.15) is 5.75 Å². The topological polar surface area (TPSA) is 38.3 Å². The Balaban J connectivity index is 1.47. The number of amides is 1. The first-order chi connectivity index (χ1) is 13.7. The third kappa shape index (κ3) is 5.23. The van der Waals surface area contributed by atoms with Crippen molar-refractivity contribution < 1.29 is 9.53 Å². The molecule has 0 saturated heterocycles. The minimum atomic E-state index is 0.0676. The molecule has 1 N–H and O–H groups in total. The predicted octanol–water partition coefficient (Wildman–Crippen LogP) is 6.15. The van der Waals surface area contributed by atoms with Gasteiger partial charge in [0.15, 0.2) is 0 Å². The van der Waals surface area contributed by atoms with Crippen LogP contribution in [-0.2, 0) is 11.2 Å². The molecule has 3 aromatic rings. The fourth-order valence-electron chi connectivity index (χ4n) is 3.43. The molecule has 1 amide bonds. The van der Waals surface area contributed by atoms with Crippen LogP contribution in [0.2, 0.25) is 0 Å². The first-order valence-corrected chi connectivity index (χ1v) is 9.73. The third-order valence-electron chi connectivity index (χ3n) is 4.88. The SMILES string of the molecule is C=C(CCCCC(=O)Nc1ccccc1)Cc1ccc(OC)c2ccccc12. The van der Waals surface area contributed by atoms with Crippen molar-refractivity contribution in [1.29, 1.82) is 0 Å². The van der Waals surface area contributed by atoms with Gasteiger partial charge >= 0.3 is 0 Å². The Hall–Kier alpha value is -3.07. The molecule has 0 aliphatic rings. The fourth-order valence-corrected chi connectivity index (χ4v) is 3.43. The van der Waals surface area contributed by atoms with E-state index >= 15 is 0 Å². The van der Waals surface area contributed by atoms with E-state index in [4.69, 9.17) is 4.74 Å². The molecule has 3 rings (SSSR count). The Bertz CT molecular complexity index is 947. The number of benzene rings is 3. The summed E-state index contributed by atoms with van der Waals surface area (Å²) in [4.78, 5) is 12.0. The van der Waals surface area contributed by atoms with Crippen LogP contribution in [0.15, 0.2) is 78.9 Å². The maximum Gasteiger partial charge on any atom is 0.224 e. The van der Waals surface area contributed by atoms with Crippen LogP contribution in [-0.4, -0.2) is 13.0 Å². The second kappa shape index (κ2) is 9.75. The molecule has 28 heavy (non-hydrogen) atoms. The first-order valence-electron chi connectivity index (χ1n) is 9.73. The lowest BCUT2D eigenvalue weighted by molar-refractivity contribution is -0.116. The van der Waals surface area contributed by atoms with Gasteiger partial charge in [0.25, 0.3) is 0 Å². The van der Waals surface area contributed by atoms with Gasteiger partial charge in [-0.1, -0.05) is 60.7 Å². The summed E-state index contributed by atoms with van der Waals surface area (Å²) in [5.41, 5.74) is 3.31. The summed E-state index contributed by atoms with van der Waals surface area (Å²) in [5.74, 6) is 0.965. The number of methoxy groups -OCH3 is 1. The van der Waals surface area contributed by atoms with E-state index in [1.165, 1.54) is 16.5 Å². The monoisotopic (exact) mass is 373 g/mol. The van der Waals surface area contributed by atoms with E-state index in [9.17, 15) is 4.79 Å². The zero-order valence-corrected chi connectivity index (χ0v) is 16.4. The number of hydrogen-bond donors (Lipinski definition) is 1. The number of fused-ring (bicyclic) bond motifs is 1. The molecule has 0 spiro atoms. The smallest absolute Gasteiger partial charge is 0.224 e. The van der Waals surface area contributed by atoms with E-state index in [0.29, 0.717) is 6.42 Å². The van der Waals surface area contributed by atoms with Crippen molar-refractivity contribution in [1.82, 2.24) is 0 Å². The Morgan fingerprint density at radius 3 is 2.32 bits per heavy atom. The Morgan fingerprint density at radius 1 is 0.893 bits per heavy atom. The van der Waals surface area contributed by atoms with Gasteiger partial charge in [0.2, 0.25) is 5.91 Å². The van der Waals surface area contributed by atoms with Gasteiger partial charge in [0.05, 0.1) is 7.11 Å². The van der Waals surface area contributed by atoms with Crippen molar-refractivity contribution in [3.05, 3.63) is 84.4 Å². The Labute approximate surface area is 167 Å². The zero-order chi connectivity index (χ0) is 19.8. The van der Waals surface area contributed by atoms with Crippen LogP contribution in [0.25, 0.3) is 10.8 Å². The molecule has 0 heterocycles. The molecular weight excluding hydrogens is 346 g/mol. The highest BCUT2D eigenvalue weighted by molar-refractivity contribution is 5.91. The summed E-state index contributed by atoms with van der Waals surface area (Å²) in [6.45, 7) is 4.25. The fraction of sp³-hybridized carbons (Fsp3) is 0.240. The summed E-state index contributed by atoms with van der Waals surface area (Å²) in [6, 6.07) is 22.0. The highest BCUT2D eigenvalue weighted by atomic mass is 16.5. The van der Waals surface area contributed by atoms with Gasteiger partial charge < -0.3 is 10.1 Å². The third-order valence-corrected chi connectivity index (χ3v) is 4.88. The van der Waals surface area contributed by atoms with Crippen LogP contribution >= 0.6 is 0 Å². The second-order valence-corrected chi connectivity index (χ2v) is 7.02. The summed E-state index contributed by atoms with van der Waals surface area (Å²) < 4.78 is 5.47. The lowest BCUT2D eigenvalue weighted by Gasteiger charge is -2.12. The van der Waals surface area contributed by atoms with E-state index < -0.39 is 0 Å². The van der Waals surface area contributed by atoms with E-state index in [0.717, 1.165) is 42.5 Å². The van der Waals surface area contributed by atoms with Crippen LogP contribution in [0.4, 0.5) is 5.69 Å². The number of para-hydroxylation sites is 1. The van der Waals surface area contributed by atoms with Crippen LogP contribution in [0.1, 0.15) is 31.2 Å². The quantitative estimate of drug-likeness (QED) is 0.361. The summed E-state index contributed by atoms with van der Waals surface area (Å²) in [7, 11) is 1.70. The normalized spacial score (nSPS) is 10.6. The number of ether oxygens (including phenoxy) is 1. The molecule has 0 bridgehead atoms. The molecule has 3 aromatic carbocycles. The standard InChI is InChI=1S/C25H27NO2/c1-19(10-6-9-15-25(27)26-21-11-4-3-5-12-21)18-20-16-17-24(28-2)23-14-8-7-13-22(20)23/h3-5,7-8,11-14,16-17H,1,6,9-10,15,18H2,2H3,(H,26,27). The Morgan fingerprint density at radius 2 is 1.57 bits per heavy atom. The van der Waals surface area contributed by atoms with E-state index in [2.05, 4.69) is 36.2 Å². The molecule has 0 atom stereocenters. The lowest BCUT2D eigenvalue weighted by atomic mass is 9.96. The number of carbonyl (C=O) groups is 1. The van der Waals surface area contributed by atoms with Crippen molar-refractivity contribution in [3.8, 4) is 5.75 Å². The van der Waals surface area contributed by atoms with E-state index in [1.54, 1.807) is 7.11 Å². The van der Waals surface area contributed by atoms with Crippen molar-refractivity contribution in [3.63, 3.8) is 0 Å². The van der Waals surface area contributed by atoms with Gasteiger partial charge in [-0.05, 0) is 54.8 Å². The van der Waals surface area contributed by atoms with E-state index in [1.807, 2.05) is 42.5 Å². The number of rotatable bonds is 9. The van der Waals surface area contributed by atoms with Gasteiger partial charge in [-0.3, -0.25) is 4.79 Å². The summed E-state index contributed by atoms with van der Waals surface area (Å²) in [6.07, 6.45) is 4.14. The van der Waals surface area contributed by atoms with Crippen molar-refractivity contribution in [2.45, 2.75) is 32.1 Å². The Kier molecular flexibility index (Phi) is 6.85. The molecular formula is C25H27NO2. The van der Waals surface area contributed by atoms with Crippen molar-refractivity contribution >= 4 is 22.4 Å². The van der Waals surface area contributed by atoms with Gasteiger partial charge in [0, 0.05) is 17.5 Å². The number of anilines is 1. The highest BCUT2D eigenvalue weighted by Gasteiger charge is 2.08. The second-order valence-electron chi connectivity index (χ2n) is 7.02. The number of carbonyl (C=O) groups excluding carboxylic acids is 1. The van der Waals surface area contributed by atoms with Gasteiger partial charge in [-0.15, -0.1) is 0 Å². The number of nitrogens with one attached hydrogen (secondary N) is 1. The van der Waals surface area contributed by atoms with Crippen LogP contribution in [0, 0.1) is 0 Å². The molecule has 0 aliphatic carbocycles. The number of hydrogen-bond acceptors (Lipinski definition) is 2. The van der Waals surface area contributed by atoms with Crippen LogP contribution < -0.4 is 10.1 Å². The van der Waals surface area contributed by atoms with Crippen LogP contribution in [0.5, 0.6) is 5.75 Å². The van der Waals surface area contributed by atoms with Crippen molar-refractivity contribution in [2.24, 2.45) is 0 Å². The maximum atomic E-state index is 12.0. The molecule has 0 aromatic heterocycles. The number of unbranched alkanes of at least 4 members (excludes halogenated alkanes) is 1. The van der Waals surface area contributed by atoms with Crippen molar-refractivity contribution in [2.75, 3.05) is 12.4 Å². The molecule has 0 aliphatic heterocycles. The van der Waals surface area contributed by atoms with E-state index in [-0.39, 0.29) is 5.91 Å². The molecule has 0 unspecified atom stereocenters. The molecule has 0 radical (unpaired) electrons. The molecule has 144 valence electrons. The summed E-state index contributed by atoms with van der Waals surface area (Å²) >= 11 is 0. The average molecular weight is 373 g/mol.